The lowest BCUT2D eigenvalue weighted by Gasteiger charge is -2.08. The van der Waals surface area contributed by atoms with Crippen molar-refractivity contribution in [3.05, 3.63) is 59.4 Å². The summed E-state index contributed by atoms with van der Waals surface area (Å²) in [5.74, 6) is 0.288. The molecule has 2 aromatic carbocycles. The Labute approximate surface area is 139 Å². The van der Waals surface area contributed by atoms with Crippen LogP contribution in [-0.4, -0.2) is 25.4 Å². The molecule has 3 rings (SSSR count). The number of benzene rings is 2. The maximum absolute atomic E-state index is 12.9. The second kappa shape index (κ2) is 7.25. The first-order valence-corrected chi connectivity index (χ1v) is 7.87. The molecule has 0 saturated carbocycles. The van der Waals surface area contributed by atoms with E-state index in [1.54, 1.807) is 25.3 Å². The largest absolute Gasteiger partial charge is 0.493 e. The molecule has 1 aliphatic rings. The molecule has 24 heavy (non-hydrogen) atoms. The Balaban J connectivity index is 1.75. The quantitative estimate of drug-likeness (QED) is 0.616. The van der Waals surface area contributed by atoms with E-state index in [2.05, 4.69) is 4.99 Å². The second-order valence-corrected chi connectivity index (χ2v) is 5.55. The van der Waals surface area contributed by atoms with Crippen LogP contribution >= 0.6 is 0 Å². The van der Waals surface area contributed by atoms with Gasteiger partial charge in [-0.05, 0) is 55.0 Å². The van der Waals surface area contributed by atoms with Crippen molar-refractivity contribution in [1.82, 2.24) is 0 Å². The zero-order valence-electron chi connectivity index (χ0n) is 13.4. The first-order valence-electron chi connectivity index (χ1n) is 7.87. The van der Waals surface area contributed by atoms with Crippen LogP contribution in [0.15, 0.2) is 47.5 Å². The zero-order valence-corrected chi connectivity index (χ0v) is 13.4. The molecule has 0 N–H and O–H groups in total. The minimum absolute atomic E-state index is 0.00165. The van der Waals surface area contributed by atoms with Gasteiger partial charge in [0.05, 0.1) is 25.3 Å². The van der Waals surface area contributed by atoms with Gasteiger partial charge >= 0.3 is 5.97 Å². The van der Waals surface area contributed by atoms with E-state index in [0.717, 1.165) is 16.9 Å². The molecule has 0 bridgehead atoms. The second-order valence-electron chi connectivity index (χ2n) is 5.55. The topological polar surface area (TPSA) is 47.9 Å². The first-order chi connectivity index (χ1) is 11.7. The molecule has 0 spiro atoms. The summed E-state index contributed by atoms with van der Waals surface area (Å²) < 4.78 is 23.5. The van der Waals surface area contributed by atoms with Crippen LogP contribution in [0.5, 0.6) is 5.75 Å². The van der Waals surface area contributed by atoms with E-state index >= 15 is 0 Å². The van der Waals surface area contributed by atoms with Gasteiger partial charge in [0.15, 0.2) is 0 Å². The summed E-state index contributed by atoms with van der Waals surface area (Å²) in [6.07, 6.45) is 2.02. The smallest absolute Gasteiger partial charge is 0.306 e. The predicted molar refractivity (Wildman–Crippen MR) is 89.6 cm³/mol. The Morgan fingerprint density at radius 2 is 2.12 bits per heavy atom. The normalized spacial score (nSPS) is 16.0. The van der Waals surface area contributed by atoms with Gasteiger partial charge in [-0.15, -0.1) is 0 Å². The molecule has 0 saturated heterocycles. The summed E-state index contributed by atoms with van der Waals surface area (Å²) in [6, 6.07) is 11.7. The van der Waals surface area contributed by atoms with Gasteiger partial charge in [0.25, 0.3) is 0 Å². The van der Waals surface area contributed by atoms with Crippen LogP contribution in [0, 0.1) is 5.82 Å². The van der Waals surface area contributed by atoms with Crippen molar-refractivity contribution >= 4 is 17.9 Å². The standard InChI is InChI=1S/C19H18FNO3/c1-2-23-19(22)10-14-12-24-18-8-3-13(9-17(14)18)11-21-16-6-4-15(20)5-7-16/h3-9,11,14H,2,10,12H2,1H3. The zero-order chi connectivity index (χ0) is 16.9. The number of hydrogen-bond acceptors (Lipinski definition) is 4. The van der Waals surface area contributed by atoms with E-state index in [0.29, 0.717) is 25.3 Å². The molecule has 4 nitrogen and oxygen atoms in total. The van der Waals surface area contributed by atoms with Gasteiger partial charge in [0.1, 0.15) is 11.6 Å². The fourth-order valence-corrected chi connectivity index (χ4v) is 2.64. The molecule has 1 unspecified atom stereocenters. The third-order valence-corrected chi connectivity index (χ3v) is 3.82. The first kappa shape index (κ1) is 16.2. The highest BCUT2D eigenvalue weighted by Gasteiger charge is 2.27. The number of carbonyl (C=O) groups excluding carboxylic acids is 1. The summed E-state index contributed by atoms with van der Waals surface area (Å²) in [5.41, 5.74) is 2.57. The molecule has 0 radical (unpaired) electrons. The molecule has 124 valence electrons. The number of halogens is 1. The van der Waals surface area contributed by atoms with Gasteiger partial charge in [0.2, 0.25) is 0 Å². The van der Waals surface area contributed by atoms with Crippen LogP contribution in [0.2, 0.25) is 0 Å². The van der Waals surface area contributed by atoms with Gasteiger partial charge < -0.3 is 9.47 Å². The summed E-state index contributed by atoms with van der Waals surface area (Å²) >= 11 is 0. The van der Waals surface area contributed by atoms with Gasteiger partial charge in [0, 0.05) is 17.7 Å². The van der Waals surface area contributed by atoms with Crippen molar-refractivity contribution < 1.29 is 18.7 Å². The fourth-order valence-electron chi connectivity index (χ4n) is 2.64. The average Bonchev–Trinajstić information content (AvgIpc) is 2.97. The van der Waals surface area contributed by atoms with Crippen molar-refractivity contribution in [2.75, 3.05) is 13.2 Å². The van der Waals surface area contributed by atoms with Gasteiger partial charge in [-0.3, -0.25) is 9.79 Å². The van der Waals surface area contributed by atoms with Gasteiger partial charge in [-0.2, -0.15) is 0 Å². The van der Waals surface area contributed by atoms with E-state index in [1.165, 1.54) is 12.1 Å². The molecular weight excluding hydrogens is 309 g/mol. The molecule has 0 aliphatic carbocycles. The van der Waals surface area contributed by atoms with E-state index in [1.807, 2.05) is 18.2 Å². The minimum atomic E-state index is -0.287. The third kappa shape index (κ3) is 3.79. The number of nitrogens with zero attached hydrogens (tertiary/aromatic N) is 1. The van der Waals surface area contributed by atoms with E-state index in [9.17, 15) is 9.18 Å². The van der Waals surface area contributed by atoms with Crippen LogP contribution in [-0.2, 0) is 9.53 Å². The summed E-state index contributed by atoms with van der Waals surface area (Å²) in [4.78, 5) is 16.0. The molecule has 1 aliphatic heterocycles. The molecule has 5 heteroatoms. The Kier molecular flexibility index (Phi) is 4.89. The highest BCUT2D eigenvalue weighted by Crippen LogP contribution is 2.36. The van der Waals surface area contributed by atoms with E-state index in [-0.39, 0.29) is 17.7 Å². The van der Waals surface area contributed by atoms with E-state index < -0.39 is 0 Å². The number of esters is 1. The molecule has 2 aromatic rings. The van der Waals surface area contributed by atoms with Crippen LogP contribution in [0.25, 0.3) is 0 Å². The number of hydrogen-bond donors (Lipinski definition) is 0. The van der Waals surface area contributed by atoms with Crippen LogP contribution in [0.1, 0.15) is 30.4 Å². The number of carbonyl (C=O) groups is 1. The Morgan fingerprint density at radius 1 is 1.33 bits per heavy atom. The van der Waals surface area contributed by atoms with Crippen molar-refractivity contribution in [2.24, 2.45) is 4.99 Å². The van der Waals surface area contributed by atoms with Gasteiger partial charge in [-0.1, -0.05) is 0 Å². The highest BCUT2D eigenvalue weighted by molar-refractivity contribution is 5.83. The highest BCUT2D eigenvalue weighted by atomic mass is 19.1. The SMILES string of the molecule is CCOC(=O)CC1COc2ccc(C=Nc3ccc(F)cc3)cc21. The Hall–Kier alpha value is -2.69. The number of aliphatic imine (C=N–C) groups is 1. The minimum Gasteiger partial charge on any atom is -0.493 e. The maximum Gasteiger partial charge on any atom is 0.306 e. The molecule has 0 amide bonds. The Morgan fingerprint density at radius 3 is 2.88 bits per heavy atom. The van der Waals surface area contributed by atoms with E-state index in [4.69, 9.17) is 9.47 Å². The molecule has 0 aromatic heterocycles. The molecule has 1 atom stereocenters. The van der Waals surface area contributed by atoms with Crippen molar-refractivity contribution in [3.8, 4) is 5.75 Å². The van der Waals surface area contributed by atoms with Crippen LogP contribution < -0.4 is 4.74 Å². The van der Waals surface area contributed by atoms with Crippen LogP contribution in [0.3, 0.4) is 0 Å². The third-order valence-electron chi connectivity index (χ3n) is 3.82. The maximum atomic E-state index is 12.9. The Bertz CT molecular complexity index is 756. The average molecular weight is 327 g/mol. The van der Waals surface area contributed by atoms with Crippen molar-refractivity contribution in [2.45, 2.75) is 19.3 Å². The molecule has 1 heterocycles. The molecular formula is C19H18FNO3. The lowest BCUT2D eigenvalue weighted by molar-refractivity contribution is -0.143. The van der Waals surface area contributed by atoms with Gasteiger partial charge in [-0.25, -0.2) is 4.39 Å². The lowest BCUT2D eigenvalue weighted by atomic mass is 9.96. The summed E-state index contributed by atoms with van der Waals surface area (Å²) in [7, 11) is 0. The number of ether oxygens (including phenoxy) is 2. The number of rotatable bonds is 5. The summed E-state index contributed by atoms with van der Waals surface area (Å²) in [6.45, 7) is 2.65. The van der Waals surface area contributed by atoms with Crippen molar-refractivity contribution in [3.63, 3.8) is 0 Å². The van der Waals surface area contributed by atoms with Crippen molar-refractivity contribution in [1.29, 1.82) is 0 Å². The summed E-state index contributed by atoms with van der Waals surface area (Å²) in [5, 5.41) is 0. The molecule has 0 fully saturated rings. The lowest BCUT2D eigenvalue weighted by Crippen LogP contribution is -2.11. The predicted octanol–water partition coefficient (Wildman–Crippen LogP) is 4.01. The number of fused-ring (bicyclic) bond motifs is 1. The fraction of sp³-hybridized carbons (Fsp3) is 0.263. The van der Waals surface area contributed by atoms with Crippen LogP contribution in [0.4, 0.5) is 10.1 Å². The monoisotopic (exact) mass is 327 g/mol.